The van der Waals surface area contributed by atoms with Crippen molar-refractivity contribution in [2.45, 2.75) is 56.7 Å². The Morgan fingerprint density at radius 2 is 1.71 bits per heavy atom. The van der Waals surface area contributed by atoms with E-state index in [1.54, 1.807) is 0 Å². The summed E-state index contributed by atoms with van der Waals surface area (Å²) >= 11 is 2.06. The van der Waals surface area contributed by atoms with Crippen molar-refractivity contribution in [1.82, 2.24) is 5.32 Å². The lowest BCUT2D eigenvalue weighted by atomic mass is 9.91. The Morgan fingerprint density at radius 3 is 2.43 bits per heavy atom. The Kier molecular flexibility index (Phi) is 4.14. The van der Waals surface area contributed by atoms with E-state index >= 15 is 0 Å². The summed E-state index contributed by atoms with van der Waals surface area (Å²) in [6.45, 7) is 0. The van der Waals surface area contributed by atoms with Gasteiger partial charge in [0.1, 0.15) is 0 Å². The minimum Gasteiger partial charge on any atom is -0.392 e. The van der Waals surface area contributed by atoms with Crippen LogP contribution in [0.5, 0.6) is 0 Å². The van der Waals surface area contributed by atoms with Gasteiger partial charge in [0, 0.05) is 12.1 Å². The van der Waals surface area contributed by atoms with E-state index in [2.05, 4.69) is 17.1 Å². The number of aliphatic hydroxyl groups excluding tert-OH is 1. The number of hydrogen-bond acceptors (Lipinski definition) is 3. The van der Waals surface area contributed by atoms with Gasteiger partial charge in [-0.15, -0.1) is 0 Å². The molecule has 2 rings (SSSR count). The third kappa shape index (κ3) is 2.88. The zero-order valence-corrected chi connectivity index (χ0v) is 9.56. The van der Waals surface area contributed by atoms with Crippen molar-refractivity contribution in [3.05, 3.63) is 0 Å². The van der Waals surface area contributed by atoms with E-state index in [1.165, 1.54) is 43.6 Å². The van der Waals surface area contributed by atoms with Crippen LogP contribution in [0, 0.1) is 0 Å². The molecule has 2 N–H and O–H groups in total. The smallest absolute Gasteiger partial charge is 0.0693 e. The molecule has 0 radical (unpaired) electrons. The van der Waals surface area contributed by atoms with Crippen LogP contribution in [0.1, 0.15) is 38.5 Å². The standard InChI is InChI=1S/C11H21NOS/c13-11-4-2-1-3-10(11)12-9-5-7-14-8-6-9/h9-13H,1-8H2. The highest BCUT2D eigenvalue weighted by atomic mass is 32.2. The first-order valence-corrected chi connectivity index (χ1v) is 7.03. The second kappa shape index (κ2) is 5.38. The Balaban J connectivity index is 1.76. The summed E-state index contributed by atoms with van der Waals surface area (Å²) in [5.41, 5.74) is 0. The topological polar surface area (TPSA) is 32.3 Å². The van der Waals surface area contributed by atoms with Crippen LogP contribution >= 0.6 is 11.8 Å². The van der Waals surface area contributed by atoms with Crippen molar-refractivity contribution < 1.29 is 5.11 Å². The minimum atomic E-state index is -0.0849. The fourth-order valence-corrected chi connectivity index (χ4v) is 3.58. The van der Waals surface area contributed by atoms with Crippen molar-refractivity contribution in [3.63, 3.8) is 0 Å². The van der Waals surface area contributed by atoms with Crippen LogP contribution in [0.3, 0.4) is 0 Å². The molecule has 1 aliphatic heterocycles. The zero-order valence-electron chi connectivity index (χ0n) is 8.74. The Labute approximate surface area is 90.8 Å². The molecule has 82 valence electrons. The molecule has 1 saturated carbocycles. The summed E-state index contributed by atoms with van der Waals surface area (Å²) in [6.07, 6.45) is 7.15. The lowest BCUT2D eigenvalue weighted by Crippen LogP contribution is -2.48. The van der Waals surface area contributed by atoms with Crippen molar-refractivity contribution in [1.29, 1.82) is 0 Å². The molecule has 2 aliphatic rings. The van der Waals surface area contributed by atoms with Gasteiger partial charge in [-0.2, -0.15) is 11.8 Å². The van der Waals surface area contributed by atoms with Crippen LogP contribution in [0.4, 0.5) is 0 Å². The van der Waals surface area contributed by atoms with Gasteiger partial charge in [0.05, 0.1) is 6.10 Å². The normalized spacial score (nSPS) is 35.8. The molecule has 0 aromatic rings. The van der Waals surface area contributed by atoms with Gasteiger partial charge in [-0.3, -0.25) is 0 Å². The lowest BCUT2D eigenvalue weighted by molar-refractivity contribution is 0.0841. The molecule has 0 spiro atoms. The Morgan fingerprint density at radius 1 is 1.00 bits per heavy atom. The fourth-order valence-electron chi connectivity index (χ4n) is 2.47. The van der Waals surface area contributed by atoms with Crippen molar-refractivity contribution in [2.75, 3.05) is 11.5 Å². The number of rotatable bonds is 2. The molecule has 1 heterocycles. The van der Waals surface area contributed by atoms with Gasteiger partial charge in [-0.1, -0.05) is 12.8 Å². The SMILES string of the molecule is OC1CCCCC1NC1CCSCC1. The molecule has 3 heteroatoms. The molecule has 0 aromatic carbocycles. The van der Waals surface area contributed by atoms with Gasteiger partial charge < -0.3 is 10.4 Å². The summed E-state index contributed by atoms with van der Waals surface area (Å²) in [7, 11) is 0. The predicted molar refractivity (Wildman–Crippen MR) is 61.7 cm³/mol. The Hall–Kier alpha value is 0.270. The average molecular weight is 215 g/mol. The molecule has 0 bridgehead atoms. The number of hydrogen-bond donors (Lipinski definition) is 2. The van der Waals surface area contributed by atoms with Crippen LogP contribution < -0.4 is 5.32 Å². The van der Waals surface area contributed by atoms with Crippen molar-refractivity contribution in [2.24, 2.45) is 0 Å². The van der Waals surface area contributed by atoms with Gasteiger partial charge in [-0.25, -0.2) is 0 Å². The summed E-state index contributed by atoms with van der Waals surface area (Å²) in [6, 6.07) is 1.06. The first kappa shape index (κ1) is 10.8. The van der Waals surface area contributed by atoms with E-state index in [9.17, 15) is 5.11 Å². The van der Waals surface area contributed by atoms with Gasteiger partial charge >= 0.3 is 0 Å². The highest BCUT2D eigenvalue weighted by Crippen LogP contribution is 2.22. The van der Waals surface area contributed by atoms with E-state index in [4.69, 9.17) is 0 Å². The fraction of sp³-hybridized carbons (Fsp3) is 1.00. The van der Waals surface area contributed by atoms with Gasteiger partial charge in [-0.05, 0) is 37.2 Å². The monoisotopic (exact) mass is 215 g/mol. The summed E-state index contributed by atoms with van der Waals surface area (Å²) in [4.78, 5) is 0. The summed E-state index contributed by atoms with van der Waals surface area (Å²) in [5, 5.41) is 13.5. The van der Waals surface area contributed by atoms with Crippen LogP contribution in [0.2, 0.25) is 0 Å². The lowest BCUT2D eigenvalue weighted by Gasteiger charge is -2.33. The molecule has 2 nitrogen and oxygen atoms in total. The number of thioether (sulfide) groups is 1. The highest BCUT2D eigenvalue weighted by Gasteiger charge is 2.25. The van der Waals surface area contributed by atoms with Gasteiger partial charge in [0.15, 0.2) is 0 Å². The molecular weight excluding hydrogens is 194 g/mol. The summed E-state index contributed by atoms with van der Waals surface area (Å²) in [5.74, 6) is 2.58. The Bertz CT molecular complexity index is 171. The summed E-state index contributed by atoms with van der Waals surface area (Å²) < 4.78 is 0. The quantitative estimate of drug-likeness (QED) is 0.736. The molecular formula is C11H21NOS. The molecule has 2 unspecified atom stereocenters. The maximum atomic E-state index is 9.83. The first-order chi connectivity index (χ1) is 6.86. The molecule has 14 heavy (non-hydrogen) atoms. The van der Waals surface area contributed by atoms with E-state index < -0.39 is 0 Å². The maximum Gasteiger partial charge on any atom is 0.0693 e. The number of aliphatic hydroxyl groups is 1. The van der Waals surface area contributed by atoms with E-state index in [0.717, 1.165) is 6.42 Å². The van der Waals surface area contributed by atoms with Crippen LogP contribution in [0.25, 0.3) is 0 Å². The molecule has 2 fully saturated rings. The minimum absolute atomic E-state index is 0.0849. The van der Waals surface area contributed by atoms with E-state index in [-0.39, 0.29) is 6.10 Å². The predicted octanol–water partition coefficient (Wildman–Crippen LogP) is 1.78. The largest absolute Gasteiger partial charge is 0.392 e. The highest BCUT2D eigenvalue weighted by molar-refractivity contribution is 7.99. The van der Waals surface area contributed by atoms with Crippen molar-refractivity contribution in [3.8, 4) is 0 Å². The van der Waals surface area contributed by atoms with Crippen LogP contribution in [-0.2, 0) is 0 Å². The van der Waals surface area contributed by atoms with E-state index in [1.807, 2.05) is 0 Å². The zero-order chi connectivity index (χ0) is 9.80. The first-order valence-electron chi connectivity index (χ1n) is 5.88. The molecule has 0 amide bonds. The third-order valence-electron chi connectivity index (χ3n) is 3.40. The van der Waals surface area contributed by atoms with Crippen molar-refractivity contribution >= 4 is 11.8 Å². The average Bonchev–Trinajstić information content (AvgIpc) is 2.23. The van der Waals surface area contributed by atoms with Crippen LogP contribution in [0.15, 0.2) is 0 Å². The van der Waals surface area contributed by atoms with E-state index in [0.29, 0.717) is 12.1 Å². The maximum absolute atomic E-state index is 9.83. The third-order valence-corrected chi connectivity index (χ3v) is 4.45. The number of nitrogens with one attached hydrogen (secondary N) is 1. The molecule has 1 aliphatic carbocycles. The molecule has 1 saturated heterocycles. The molecule has 2 atom stereocenters. The van der Waals surface area contributed by atoms with Crippen LogP contribution in [-0.4, -0.2) is 34.8 Å². The molecule has 0 aromatic heterocycles. The second-order valence-corrected chi connectivity index (χ2v) is 5.74. The van der Waals surface area contributed by atoms with Gasteiger partial charge in [0.25, 0.3) is 0 Å². The van der Waals surface area contributed by atoms with Gasteiger partial charge in [0.2, 0.25) is 0 Å². The second-order valence-electron chi connectivity index (χ2n) is 4.51.